The van der Waals surface area contributed by atoms with Gasteiger partial charge in [0.25, 0.3) is 0 Å². The van der Waals surface area contributed by atoms with Crippen LogP contribution in [0.25, 0.3) is 10.2 Å². The zero-order chi connectivity index (χ0) is 10.1. The lowest BCUT2D eigenvalue weighted by Crippen LogP contribution is -2.17. The predicted molar refractivity (Wildman–Crippen MR) is 63.0 cm³/mol. The molecule has 0 spiro atoms. The number of thiazole rings is 1. The van der Waals surface area contributed by atoms with Gasteiger partial charge in [0.1, 0.15) is 5.52 Å². The monoisotopic (exact) mass is 207 g/mol. The summed E-state index contributed by atoms with van der Waals surface area (Å²) in [5, 5.41) is 0. The standard InChI is InChI=1S/C10H13N3S/c1-3-13(2)7-4-5-8-10(9(7)11)12-6-14-8/h4-6H,3,11H2,1-2H3. The van der Waals surface area contributed by atoms with Gasteiger partial charge in [-0.3, -0.25) is 0 Å². The lowest BCUT2D eigenvalue weighted by Gasteiger charge is -2.18. The van der Waals surface area contributed by atoms with E-state index in [-0.39, 0.29) is 0 Å². The number of anilines is 2. The maximum absolute atomic E-state index is 6.04. The van der Waals surface area contributed by atoms with Gasteiger partial charge in [-0.25, -0.2) is 4.98 Å². The fourth-order valence-electron chi connectivity index (χ4n) is 1.44. The van der Waals surface area contributed by atoms with Gasteiger partial charge in [-0.2, -0.15) is 0 Å². The van der Waals surface area contributed by atoms with Crippen molar-refractivity contribution < 1.29 is 0 Å². The van der Waals surface area contributed by atoms with Crippen LogP contribution in [0, 0.1) is 0 Å². The van der Waals surface area contributed by atoms with E-state index in [2.05, 4.69) is 28.9 Å². The van der Waals surface area contributed by atoms with Crippen molar-refractivity contribution in [2.24, 2.45) is 0 Å². The quantitative estimate of drug-likeness (QED) is 0.768. The second-order valence-corrected chi connectivity index (χ2v) is 4.10. The summed E-state index contributed by atoms with van der Waals surface area (Å²) in [5.41, 5.74) is 10.6. The average molecular weight is 207 g/mol. The Balaban J connectivity index is 2.61. The van der Waals surface area contributed by atoms with Crippen molar-refractivity contribution in [3.05, 3.63) is 17.6 Å². The highest BCUT2D eigenvalue weighted by Gasteiger charge is 2.08. The maximum atomic E-state index is 6.04. The van der Waals surface area contributed by atoms with E-state index >= 15 is 0 Å². The van der Waals surface area contributed by atoms with Gasteiger partial charge in [0.05, 0.1) is 21.6 Å². The number of fused-ring (bicyclic) bond motifs is 1. The third-order valence-electron chi connectivity index (χ3n) is 2.40. The van der Waals surface area contributed by atoms with E-state index in [9.17, 15) is 0 Å². The van der Waals surface area contributed by atoms with Gasteiger partial charge in [0, 0.05) is 13.6 Å². The highest BCUT2D eigenvalue weighted by Crippen LogP contribution is 2.31. The number of rotatable bonds is 2. The molecule has 0 saturated carbocycles. The van der Waals surface area contributed by atoms with E-state index in [1.54, 1.807) is 11.3 Å². The van der Waals surface area contributed by atoms with Crippen LogP contribution in [-0.4, -0.2) is 18.6 Å². The summed E-state index contributed by atoms with van der Waals surface area (Å²) < 4.78 is 1.15. The molecular weight excluding hydrogens is 194 g/mol. The first-order valence-electron chi connectivity index (χ1n) is 4.57. The third-order valence-corrected chi connectivity index (χ3v) is 3.20. The molecule has 1 heterocycles. The second-order valence-electron chi connectivity index (χ2n) is 3.21. The van der Waals surface area contributed by atoms with Crippen molar-refractivity contribution >= 4 is 32.9 Å². The minimum Gasteiger partial charge on any atom is -0.395 e. The van der Waals surface area contributed by atoms with Crippen molar-refractivity contribution in [1.29, 1.82) is 0 Å². The van der Waals surface area contributed by atoms with Crippen LogP contribution >= 0.6 is 11.3 Å². The van der Waals surface area contributed by atoms with Crippen molar-refractivity contribution in [1.82, 2.24) is 4.98 Å². The number of hydrogen-bond donors (Lipinski definition) is 1. The summed E-state index contributed by atoms with van der Waals surface area (Å²) in [6, 6.07) is 4.13. The summed E-state index contributed by atoms with van der Waals surface area (Å²) in [4.78, 5) is 6.38. The van der Waals surface area contributed by atoms with E-state index < -0.39 is 0 Å². The zero-order valence-electron chi connectivity index (χ0n) is 8.32. The van der Waals surface area contributed by atoms with Crippen molar-refractivity contribution in [3.63, 3.8) is 0 Å². The SMILES string of the molecule is CCN(C)c1ccc2scnc2c1N. The first-order chi connectivity index (χ1) is 6.74. The molecular formula is C10H13N3S. The fraction of sp³-hybridized carbons (Fsp3) is 0.300. The summed E-state index contributed by atoms with van der Waals surface area (Å²) >= 11 is 1.62. The molecule has 0 unspecified atom stereocenters. The zero-order valence-corrected chi connectivity index (χ0v) is 9.14. The number of benzene rings is 1. The summed E-state index contributed by atoms with van der Waals surface area (Å²) in [6.45, 7) is 3.05. The number of aromatic nitrogens is 1. The Kier molecular flexibility index (Phi) is 2.29. The number of nitrogen functional groups attached to an aromatic ring is 1. The highest BCUT2D eigenvalue weighted by molar-refractivity contribution is 7.16. The molecule has 2 rings (SSSR count). The van der Waals surface area contributed by atoms with Crippen LogP contribution in [-0.2, 0) is 0 Å². The van der Waals surface area contributed by atoms with Gasteiger partial charge in [0.15, 0.2) is 0 Å². The topological polar surface area (TPSA) is 42.2 Å². The van der Waals surface area contributed by atoms with E-state index in [0.717, 1.165) is 28.1 Å². The summed E-state index contributed by atoms with van der Waals surface area (Å²) in [5.74, 6) is 0. The maximum Gasteiger partial charge on any atom is 0.106 e. The Hall–Kier alpha value is -1.29. The number of nitrogens with two attached hydrogens (primary N) is 1. The molecule has 0 radical (unpaired) electrons. The average Bonchev–Trinajstić information content (AvgIpc) is 2.66. The summed E-state index contributed by atoms with van der Waals surface area (Å²) in [6.07, 6.45) is 0. The molecule has 1 aromatic heterocycles. The molecule has 0 aliphatic carbocycles. The molecule has 14 heavy (non-hydrogen) atoms. The molecule has 4 heteroatoms. The van der Waals surface area contributed by atoms with Gasteiger partial charge in [-0.1, -0.05) is 0 Å². The van der Waals surface area contributed by atoms with E-state index in [1.807, 2.05) is 12.6 Å². The Bertz CT molecular complexity index is 450. The van der Waals surface area contributed by atoms with E-state index in [1.165, 1.54) is 0 Å². The molecule has 0 amide bonds. The Morgan fingerprint density at radius 1 is 1.50 bits per heavy atom. The molecule has 0 fully saturated rings. The number of hydrogen-bond acceptors (Lipinski definition) is 4. The third kappa shape index (κ3) is 1.32. The molecule has 74 valence electrons. The van der Waals surface area contributed by atoms with E-state index in [0.29, 0.717) is 0 Å². The fourth-order valence-corrected chi connectivity index (χ4v) is 2.14. The van der Waals surface area contributed by atoms with Crippen LogP contribution in [0.1, 0.15) is 6.92 Å². The molecule has 0 atom stereocenters. The van der Waals surface area contributed by atoms with Gasteiger partial charge < -0.3 is 10.6 Å². The first-order valence-corrected chi connectivity index (χ1v) is 5.44. The van der Waals surface area contributed by atoms with Crippen LogP contribution in [0.5, 0.6) is 0 Å². The second kappa shape index (κ2) is 3.46. The smallest absolute Gasteiger partial charge is 0.106 e. The van der Waals surface area contributed by atoms with Crippen LogP contribution in [0.3, 0.4) is 0 Å². The minimum absolute atomic E-state index is 0.785. The van der Waals surface area contributed by atoms with Crippen LogP contribution < -0.4 is 10.6 Å². The molecule has 2 N–H and O–H groups in total. The van der Waals surface area contributed by atoms with Gasteiger partial charge in [-0.05, 0) is 19.1 Å². The first kappa shape index (κ1) is 9.27. The summed E-state index contributed by atoms with van der Waals surface area (Å²) in [7, 11) is 2.03. The van der Waals surface area contributed by atoms with Gasteiger partial charge >= 0.3 is 0 Å². The highest BCUT2D eigenvalue weighted by atomic mass is 32.1. The van der Waals surface area contributed by atoms with Crippen LogP contribution in [0.15, 0.2) is 17.6 Å². The molecule has 2 aromatic rings. The largest absolute Gasteiger partial charge is 0.395 e. The molecule has 1 aromatic carbocycles. The Labute approximate surface area is 87.2 Å². The number of nitrogens with zero attached hydrogens (tertiary/aromatic N) is 2. The predicted octanol–water partition coefficient (Wildman–Crippen LogP) is 2.33. The molecule has 0 aliphatic rings. The molecule has 0 saturated heterocycles. The van der Waals surface area contributed by atoms with E-state index in [4.69, 9.17) is 5.73 Å². The van der Waals surface area contributed by atoms with Crippen molar-refractivity contribution in [2.45, 2.75) is 6.92 Å². The minimum atomic E-state index is 0.785. The molecule has 0 bridgehead atoms. The Morgan fingerprint density at radius 3 is 3.00 bits per heavy atom. The lowest BCUT2D eigenvalue weighted by molar-refractivity contribution is 0.971. The van der Waals surface area contributed by atoms with Gasteiger partial charge in [-0.15, -0.1) is 11.3 Å². The van der Waals surface area contributed by atoms with Crippen LogP contribution in [0.2, 0.25) is 0 Å². The molecule has 3 nitrogen and oxygen atoms in total. The van der Waals surface area contributed by atoms with Gasteiger partial charge in [0.2, 0.25) is 0 Å². The lowest BCUT2D eigenvalue weighted by atomic mass is 10.2. The van der Waals surface area contributed by atoms with Crippen LogP contribution in [0.4, 0.5) is 11.4 Å². The Morgan fingerprint density at radius 2 is 2.29 bits per heavy atom. The molecule has 0 aliphatic heterocycles. The van der Waals surface area contributed by atoms with Crippen molar-refractivity contribution in [3.8, 4) is 0 Å². The normalized spacial score (nSPS) is 10.7. The van der Waals surface area contributed by atoms with Crippen molar-refractivity contribution in [2.75, 3.05) is 24.2 Å².